The highest BCUT2D eigenvalue weighted by molar-refractivity contribution is 5.88. The summed E-state index contributed by atoms with van der Waals surface area (Å²) in [7, 11) is 0. The van der Waals surface area contributed by atoms with Gasteiger partial charge in [0.05, 0.1) is 11.3 Å². The largest absolute Gasteiger partial charge is 0.478 e. The number of alkyl carbamates (subject to hydrolysis) is 1. The lowest BCUT2D eigenvalue weighted by Gasteiger charge is -2.33. The van der Waals surface area contributed by atoms with Gasteiger partial charge in [-0.15, -0.1) is 0 Å². The Kier molecular flexibility index (Phi) is 5.55. The van der Waals surface area contributed by atoms with Gasteiger partial charge in [0, 0.05) is 42.8 Å². The lowest BCUT2D eigenvalue weighted by atomic mass is 9.80. The van der Waals surface area contributed by atoms with Crippen molar-refractivity contribution in [1.29, 1.82) is 0 Å². The normalized spacial score (nSPS) is 18.1. The van der Waals surface area contributed by atoms with Gasteiger partial charge in [-0.05, 0) is 44.5 Å². The van der Waals surface area contributed by atoms with E-state index in [1.807, 2.05) is 0 Å². The quantitative estimate of drug-likeness (QED) is 0.570. The van der Waals surface area contributed by atoms with Crippen molar-refractivity contribution in [2.24, 2.45) is 0 Å². The summed E-state index contributed by atoms with van der Waals surface area (Å²) in [6.45, 7) is 5.09. The first-order chi connectivity index (χ1) is 15.4. The highest BCUT2D eigenvalue weighted by atomic mass is 19.2. The fraction of sp³-hybridized carbons (Fsp3) is 0.348. The molecule has 0 spiro atoms. The summed E-state index contributed by atoms with van der Waals surface area (Å²) < 4.78 is 49.2. The van der Waals surface area contributed by atoms with Crippen LogP contribution in [0.5, 0.6) is 0 Å². The third-order valence-electron chi connectivity index (χ3n) is 5.51. The van der Waals surface area contributed by atoms with Gasteiger partial charge in [0.2, 0.25) is 0 Å². The predicted molar refractivity (Wildman–Crippen MR) is 112 cm³/mol. The lowest BCUT2D eigenvalue weighted by Crippen LogP contribution is -2.46. The predicted octanol–water partition coefficient (Wildman–Crippen LogP) is 4.23. The van der Waals surface area contributed by atoms with E-state index in [0.717, 1.165) is 6.07 Å². The summed E-state index contributed by atoms with van der Waals surface area (Å²) in [5, 5.41) is 12.0. The number of hydrogen-bond donors (Lipinski definition) is 2. The summed E-state index contributed by atoms with van der Waals surface area (Å²) in [6.07, 6.45) is 1.13. The number of carboxylic acid groups (broad SMARTS) is 1. The zero-order chi connectivity index (χ0) is 24.1. The van der Waals surface area contributed by atoms with Gasteiger partial charge < -0.3 is 19.6 Å². The number of aromatic nitrogens is 2. The maximum atomic E-state index is 14.7. The zero-order valence-corrected chi connectivity index (χ0v) is 18.2. The molecule has 0 unspecified atom stereocenters. The summed E-state index contributed by atoms with van der Waals surface area (Å²) >= 11 is 0. The van der Waals surface area contributed by atoms with Gasteiger partial charge in [-0.3, -0.25) is 0 Å². The Hall–Kier alpha value is -3.56. The highest BCUT2D eigenvalue weighted by Gasteiger charge is 2.36. The van der Waals surface area contributed by atoms with Crippen molar-refractivity contribution >= 4 is 17.7 Å². The molecule has 2 N–H and O–H groups in total. The maximum Gasteiger partial charge on any atom is 0.407 e. The van der Waals surface area contributed by atoms with Crippen molar-refractivity contribution in [1.82, 2.24) is 14.7 Å². The maximum absolute atomic E-state index is 14.7. The van der Waals surface area contributed by atoms with Crippen LogP contribution in [0.2, 0.25) is 0 Å². The average molecular weight is 461 g/mol. The second-order valence-electron chi connectivity index (χ2n) is 9.01. The first kappa shape index (κ1) is 22.6. The monoisotopic (exact) mass is 461 g/mol. The van der Waals surface area contributed by atoms with E-state index in [1.165, 1.54) is 12.1 Å². The molecule has 2 heterocycles. The van der Waals surface area contributed by atoms with Gasteiger partial charge in [-0.1, -0.05) is 0 Å². The van der Waals surface area contributed by atoms with E-state index < -0.39 is 47.1 Å². The number of benzene rings is 1. The molecule has 10 heteroatoms. The van der Waals surface area contributed by atoms with E-state index in [4.69, 9.17) is 4.74 Å². The van der Waals surface area contributed by atoms with Gasteiger partial charge in [-0.2, -0.15) is 0 Å². The van der Waals surface area contributed by atoms with Crippen LogP contribution in [0.25, 0.3) is 5.65 Å². The molecule has 33 heavy (non-hydrogen) atoms. The molecule has 1 aliphatic carbocycles. The second kappa shape index (κ2) is 8.09. The van der Waals surface area contributed by atoms with Gasteiger partial charge in [0.1, 0.15) is 17.1 Å². The average Bonchev–Trinajstić information content (AvgIpc) is 3.05. The Labute approximate surface area is 187 Å². The number of carboxylic acids is 1. The van der Waals surface area contributed by atoms with Crippen LogP contribution in [0.15, 0.2) is 30.5 Å². The number of ether oxygens (including phenoxy) is 1. The molecule has 0 bridgehead atoms. The molecule has 0 saturated carbocycles. The Morgan fingerprint density at radius 1 is 1.12 bits per heavy atom. The molecule has 2 atom stereocenters. The van der Waals surface area contributed by atoms with Crippen LogP contribution in [0.4, 0.5) is 18.0 Å². The summed E-state index contributed by atoms with van der Waals surface area (Å²) in [6, 6.07) is 3.39. The molecule has 1 aromatic carbocycles. The van der Waals surface area contributed by atoms with Gasteiger partial charge in [0.15, 0.2) is 11.6 Å². The van der Waals surface area contributed by atoms with E-state index in [9.17, 15) is 27.9 Å². The number of rotatable bonds is 3. The minimum absolute atomic E-state index is 0.0523. The zero-order valence-electron chi connectivity index (χ0n) is 18.2. The third kappa shape index (κ3) is 4.50. The molecule has 4 rings (SSSR count). The Morgan fingerprint density at radius 3 is 2.48 bits per heavy atom. The topological polar surface area (TPSA) is 92.9 Å². The minimum atomic E-state index is -1.31. The smallest absolute Gasteiger partial charge is 0.407 e. The summed E-state index contributed by atoms with van der Waals surface area (Å²) in [5.74, 6) is -5.31. The molecule has 0 fully saturated rings. The van der Waals surface area contributed by atoms with E-state index >= 15 is 0 Å². The summed E-state index contributed by atoms with van der Waals surface area (Å²) in [4.78, 5) is 28.3. The second-order valence-corrected chi connectivity index (χ2v) is 9.01. The van der Waals surface area contributed by atoms with Crippen LogP contribution in [-0.2, 0) is 17.6 Å². The molecule has 174 valence electrons. The lowest BCUT2D eigenvalue weighted by molar-refractivity contribution is 0.0492. The number of amides is 1. The number of hydrogen-bond acceptors (Lipinski definition) is 4. The van der Waals surface area contributed by atoms with Gasteiger partial charge in [0.25, 0.3) is 0 Å². The number of imidazole rings is 1. The summed E-state index contributed by atoms with van der Waals surface area (Å²) in [5.41, 5.74) is 0.808. The van der Waals surface area contributed by atoms with Crippen LogP contribution in [0, 0.1) is 17.5 Å². The molecule has 0 aliphatic heterocycles. The van der Waals surface area contributed by atoms with Crippen LogP contribution in [0.3, 0.4) is 0 Å². The van der Waals surface area contributed by atoms with Crippen molar-refractivity contribution < 1.29 is 32.6 Å². The van der Waals surface area contributed by atoms with Crippen molar-refractivity contribution in [3.63, 3.8) is 0 Å². The van der Waals surface area contributed by atoms with Crippen molar-refractivity contribution in [3.8, 4) is 0 Å². The fourth-order valence-electron chi connectivity index (χ4n) is 4.12. The Balaban J connectivity index is 1.77. The number of carbonyl (C=O) groups is 2. The molecular formula is C23H22F3N3O4. The fourth-order valence-corrected chi connectivity index (χ4v) is 4.12. The van der Waals surface area contributed by atoms with E-state index in [1.54, 1.807) is 31.4 Å². The van der Waals surface area contributed by atoms with Crippen LogP contribution < -0.4 is 5.32 Å². The van der Waals surface area contributed by atoms with E-state index in [-0.39, 0.29) is 24.0 Å². The highest BCUT2D eigenvalue weighted by Crippen LogP contribution is 2.35. The Morgan fingerprint density at radius 2 is 1.82 bits per heavy atom. The first-order valence-corrected chi connectivity index (χ1v) is 10.3. The number of nitrogens with one attached hydrogen (secondary N) is 1. The van der Waals surface area contributed by atoms with Crippen LogP contribution in [-0.4, -0.2) is 38.2 Å². The van der Waals surface area contributed by atoms with E-state index in [0.29, 0.717) is 23.1 Å². The Bertz CT molecular complexity index is 1270. The number of carbonyl (C=O) groups excluding carboxylic acids is 1. The van der Waals surface area contributed by atoms with Crippen molar-refractivity contribution in [2.75, 3.05) is 0 Å². The van der Waals surface area contributed by atoms with Crippen molar-refractivity contribution in [3.05, 3.63) is 70.4 Å². The molecule has 1 amide bonds. The van der Waals surface area contributed by atoms with Crippen LogP contribution in [0.1, 0.15) is 54.0 Å². The SMILES string of the molecule is CC(C)(C)OC(=O)N[C@@H]1Cc2c(nc3cc(C(=O)O)ccn23)C[C@@H]1c1cc(F)c(F)cc1F. The number of aromatic carboxylic acids is 1. The van der Waals surface area contributed by atoms with Crippen molar-refractivity contribution in [2.45, 2.75) is 51.2 Å². The minimum Gasteiger partial charge on any atom is -0.478 e. The van der Waals surface area contributed by atoms with Gasteiger partial charge >= 0.3 is 12.1 Å². The molecule has 0 radical (unpaired) electrons. The molecular weight excluding hydrogens is 439 g/mol. The molecule has 3 aromatic rings. The number of nitrogens with zero attached hydrogens (tertiary/aromatic N) is 2. The number of halogens is 3. The third-order valence-corrected chi connectivity index (χ3v) is 5.51. The van der Waals surface area contributed by atoms with Crippen LogP contribution >= 0.6 is 0 Å². The first-order valence-electron chi connectivity index (χ1n) is 10.3. The molecule has 0 saturated heterocycles. The molecule has 2 aromatic heterocycles. The molecule has 7 nitrogen and oxygen atoms in total. The standard InChI is InChI=1S/C23H22F3N3O4/c1-23(2,3)33-22(32)28-17-10-19-18(27-20-6-11(21(30)31)4-5-29(19)20)8-13(17)12-7-15(25)16(26)9-14(12)24/h4-7,9,13,17H,8,10H2,1-3H3,(H,28,32)(H,30,31)/t13-,17-/m1/s1. The van der Waals surface area contributed by atoms with Gasteiger partial charge in [-0.25, -0.2) is 27.7 Å². The molecule has 1 aliphatic rings. The number of fused-ring (bicyclic) bond motifs is 3. The number of pyridine rings is 1. The van der Waals surface area contributed by atoms with E-state index in [2.05, 4.69) is 10.3 Å².